The summed E-state index contributed by atoms with van der Waals surface area (Å²) in [7, 11) is 0. The quantitative estimate of drug-likeness (QED) is 0.110. The molecule has 4 aromatic rings. The Labute approximate surface area is 265 Å². The highest BCUT2D eigenvalue weighted by Gasteiger charge is 2.70. The fraction of sp³-hybridized carbons (Fsp3) is 0.158. The van der Waals surface area contributed by atoms with Gasteiger partial charge in [0, 0.05) is 29.9 Å². The maximum atomic E-state index is 15.0. The van der Waals surface area contributed by atoms with Crippen molar-refractivity contribution in [2.75, 3.05) is 11.9 Å². The van der Waals surface area contributed by atoms with Gasteiger partial charge in [0.15, 0.2) is 11.6 Å². The predicted octanol–water partition coefficient (Wildman–Crippen LogP) is 6.16. The molecule has 4 atom stereocenters. The summed E-state index contributed by atoms with van der Waals surface area (Å²) in [5, 5.41) is 3.06. The van der Waals surface area contributed by atoms with Crippen molar-refractivity contribution in [2.24, 2.45) is 5.92 Å². The fourth-order valence-corrected chi connectivity index (χ4v) is 7.24. The van der Waals surface area contributed by atoms with Crippen molar-refractivity contribution in [3.8, 4) is 11.5 Å². The second kappa shape index (κ2) is 11.3. The third-order valence-corrected chi connectivity index (χ3v) is 9.03. The lowest BCUT2D eigenvalue weighted by Crippen LogP contribution is -2.49. The molecular formula is C38H30N2O6. The van der Waals surface area contributed by atoms with Crippen LogP contribution < -0.4 is 14.8 Å². The standard InChI is InChI=1S/C38H30N2O6/c1-3-22-45-27-16-12-25(13-17-27)34(42)32-33(35(43)26-14-18-28(19-15-26)46-23(2)41)40-21-20-24-8-4-5-9-29(24)36(40)38(32)30-10-6-7-11-31(30)39-37(38)44/h3-21,32-33,36H,1,22H2,2H3,(H,39,44)/t32-,33-,36+,38+/m0/s1. The van der Waals surface area contributed by atoms with Crippen LogP contribution in [0.1, 0.15) is 50.4 Å². The number of carbonyl (C=O) groups excluding carboxylic acids is 4. The van der Waals surface area contributed by atoms with E-state index in [4.69, 9.17) is 9.47 Å². The number of nitrogens with one attached hydrogen (secondary N) is 1. The molecular weight excluding hydrogens is 580 g/mol. The molecule has 0 aliphatic carbocycles. The van der Waals surface area contributed by atoms with Crippen molar-refractivity contribution in [3.63, 3.8) is 0 Å². The molecule has 3 aliphatic rings. The zero-order valence-electron chi connectivity index (χ0n) is 25.0. The van der Waals surface area contributed by atoms with Crippen LogP contribution in [0.4, 0.5) is 5.69 Å². The summed E-state index contributed by atoms with van der Waals surface area (Å²) in [6.45, 7) is 5.29. The average molecular weight is 611 g/mol. The third kappa shape index (κ3) is 4.44. The van der Waals surface area contributed by atoms with E-state index in [0.717, 1.165) is 11.1 Å². The third-order valence-electron chi connectivity index (χ3n) is 9.03. The van der Waals surface area contributed by atoms with E-state index in [-0.39, 0.29) is 17.5 Å². The van der Waals surface area contributed by atoms with Gasteiger partial charge < -0.3 is 19.7 Å². The molecule has 0 saturated carbocycles. The minimum absolute atomic E-state index is 0.298. The van der Waals surface area contributed by atoms with Gasteiger partial charge in [-0.15, -0.1) is 0 Å². The van der Waals surface area contributed by atoms with Crippen LogP contribution in [0.2, 0.25) is 0 Å². The molecule has 8 nitrogen and oxygen atoms in total. The molecule has 228 valence electrons. The topological polar surface area (TPSA) is 102 Å². The van der Waals surface area contributed by atoms with Gasteiger partial charge in [0.05, 0.1) is 12.0 Å². The van der Waals surface area contributed by atoms with Crippen LogP contribution in [0, 0.1) is 5.92 Å². The van der Waals surface area contributed by atoms with Crippen LogP contribution in [-0.2, 0) is 15.0 Å². The summed E-state index contributed by atoms with van der Waals surface area (Å²) in [5.74, 6) is -1.73. The monoisotopic (exact) mass is 610 g/mol. The van der Waals surface area contributed by atoms with Crippen LogP contribution in [0.5, 0.6) is 11.5 Å². The van der Waals surface area contributed by atoms with Crippen molar-refractivity contribution >= 4 is 35.2 Å². The van der Waals surface area contributed by atoms with Gasteiger partial charge in [0.1, 0.15) is 29.6 Å². The number of hydrogen-bond donors (Lipinski definition) is 1. The minimum Gasteiger partial charge on any atom is -0.490 e. The number of ether oxygens (including phenoxy) is 2. The number of carbonyl (C=O) groups is 4. The number of anilines is 1. The molecule has 1 saturated heterocycles. The number of nitrogens with zero attached hydrogens (tertiary/aromatic N) is 1. The molecule has 0 radical (unpaired) electrons. The first-order valence-corrected chi connectivity index (χ1v) is 15.0. The van der Waals surface area contributed by atoms with Gasteiger partial charge in [-0.2, -0.15) is 0 Å². The SMILES string of the molecule is C=CCOc1ccc(C(=O)[C@@H]2[C@@H](C(=O)c3ccc(OC(C)=O)cc3)N3C=Cc4ccccc4[C@@H]3[C@]23C(=O)Nc2ccccc23)cc1. The van der Waals surface area contributed by atoms with Gasteiger partial charge >= 0.3 is 5.97 Å². The van der Waals surface area contributed by atoms with E-state index in [1.807, 2.05) is 65.7 Å². The summed E-state index contributed by atoms with van der Waals surface area (Å²) in [4.78, 5) is 57.7. The van der Waals surface area contributed by atoms with Crippen LogP contribution in [0.3, 0.4) is 0 Å². The van der Waals surface area contributed by atoms with Gasteiger partial charge in [-0.05, 0) is 77.4 Å². The lowest BCUT2D eigenvalue weighted by Gasteiger charge is -2.38. The van der Waals surface area contributed by atoms with E-state index in [2.05, 4.69) is 11.9 Å². The van der Waals surface area contributed by atoms with Crippen LogP contribution in [-0.4, -0.2) is 41.0 Å². The Balaban J connectivity index is 1.44. The Morgan fingerprint density at radius 1 is 0.870 bits per heavy atom. The molecule has 0 bridgehead atoms. The smallest absolute Gasteiger partial charge is 0.308 e. The molecule has 3 aliphatic heterocycles. The molecule has 1 N–H and O–H groups in total. The number of esters is 1. The molecule has 1 amide bonds. The highest BCUT2D eigenvalue weighted by Crippen LogP contribution is 2.62. The molecule has 0 aromatic heterocycles. The van der Waals surface area contributed by atoms with E-state index in [9.17, 15) is 19.2 Å². The minimum atomic E-state index is -1.44. The van der Waals surface area contributed by atoms with Crippen molar-refractivity contribution in [2.45, 2.75) is 24.4 Å². The summed E-state index contributed by atoms with van der Waals surface area (Å²) in [6.07, 6.45) is 5.38. The van der Waals surface area contributed by atoms with Gasteiger partial charge in [-0.3, -0.25) is 19.2 Å². The average Bonchev–Trinajstić information content (AvgIpc) is 3.55. The van der Waals surface area contributed by atoms with Gasteiger partial charge in [-0.1, -0.05) is 55.1 Å². The lowest BCUT2D eigenvalue weighted by molar-refractivity contribution is -0.131. The summed E-state index contributed by atoms with van der Waals surface area (Å²) < 4.78 is 10.8. The highest BCUT2D eigenvalue weighted by atomic mass is 16.5. The van der Waals surface area contributed by atoms with E-state index < -0.39 is 29.4 Å². The lowest BCUT2D eigenvalue weighted by atomic mass is 9.62. The van der Waals surface area contributed by atoms with Crippen molar-refractivity contribution in [3.05, 3.63) is 144 Å². The zero-order chi connectivity index (χ0) is 32.0. The molecule has 4 aromatic carbocycles. The Bertz CT molecular complexity index is 1930. The first-order chi connectivity index (χ1) is 22.3. The van der Waals surface area contributed by atoms with E-state index in [0.29, 0.717) is 40.5 Å². The number of Topliss-reactive ketones (excluding diaryl/α,β-unsaturated/α-hetero) is 2. The number of rotatable bonds is 8. The highest BCUT2D eigenvalue weighted by molar-refractivity contribution is 6.16. The second-order valence-corrected chi connectivity index (χ2v) is 11.6. The summed E-state index contributed by atoms with van der Waals surface area (Å²) >= 11 is 0. The van der Waals surface area contributed by atoms with Crippen LogP contribution in [0.15, 0.2) is 116 Å². The predicted molar refractivity (Wildman–Crippen MR) is 173 cm³/mol. The van der Waals surface area contributed by atoms with Crippen molar-refractivity contribution in [1.82, 2.24) is 4.90 Å². The number of ketones is 2. The molecule has 1 fully saturated rings. The number of benzene rings is 4. The Morgan fingerprint density at radius 2 is 1.52 bits per heavy atom. The summed E-state index contributed by atoms with van der Waals surface area (Å²) in [5.41, 5.74) is 2.28. The molecule has 7 rings (SSSR count). The number of fused-ring (bicyclic) bond motifs is 6. The van der Waals surface area contributed by atoms with Gasteiger partial charge in [0.25, 0.3) is 0 Å². The van der Waals surface area contributed by atoms with Gasteiger partial charge in [-0.25, -0.2) is 0 Å². The van der Waals surface area contributed by atoms with Crippen LogP contribution >= 0.6 is 0 Å². The molecule has 3 heterocycles. The molecule has 1 spiro atoms. The van der Waals surface area contributed by atoms with Crippen molar-refractivity contribution in [1.29, 1.82) is 0 Å². The second-order valence-electron chi connectivity index (χ2n) is 11.6. The molecule has 8 heteroatoms. The Kier molecular flexibility index (Phi) is 7.12. The first kappa shape index (κ1) is 29.0. The maximum absolute atomic E-state index is 15.0. The largest absolute Gasteiger partial charge is 0.490 e. The Hall–Kier alpha value is -5.76. The van der Waals surface area contributed by atoms with E-state index in [1.165, 1.54) is 6.92 Å². The van der Waals surface area contributed by atoms with E-state index >= 15 is 0 Å². The van der Waals surface area contributed by atoms with E-state index in [1.54, 1.807) is 54.6 Å². The Morgan fingerprint density at radius 3 is 2.24 bits per heavy atom. The molecule has 0 unspecified atom stereocenters. The van der Waals surface area contributed by atoms with Crippen molar-refractivity contribution < 1.29 is 28.7 Å². The zero-order valence-corrected chi connectivity index (χ0v) is 25.0. The number of amides is 1. The fourth-order valence-electron chi connectivity index (χ4n) is 7.24. The first-order valence-electron chi connectivity index (χ1n) is 15.0. The normalized spacial score (nSPS) is 22.0. The van der Waals surface area contributed by atoms with Gasteiger partial charge in [0.2, 0.25) is 5.91 Å². The summed E-state index contributed by atoms with van der Waals surface area (Å²) in [6, 6.07) is 26.5. The number of para-hydroxylation sites is 1. The maximum Gasteiger partial charge on any atom is 0.308 e. The van der Waals surface area contributed by atoms with Crippen LogP contribution in [0.25, 0.3) is 6.08 Å². The molecule has 46 heavy (non-hydrogen) atoms. The number of hydrogen-bond acceptors (Lipinski definition) is 7.